The zero-order valence-electron chi connectivity index (χ0n) is 15.0. The highest BCUT2D eigenvalue weighted by molar-refractivity contribution is 6.06. The molecule has 0 aliphatic carbocycles. The molecular formula is C20H22N6O. The zero-order valence-corrected chi connectivity index (χ0v) is 15.0. The van der Waals surface area contributed by atoms with Gasteiger partial charge in [0.05, 0.1) is 23.8 Å². The first-order chi connectivity index (χ1) is 13.3. The van der Waals surface area contributed by atoms with Gasteiger partial charge in [-0.05, 0) is 30.5 Å². The van der Waals surface area contributed by atoms with E-state index in [0.717, 1.165) is 24.5 Å². The molecule has 3 aromatic rings. The van der Waals surface area contributed by atoms with Crippen molar-refractivity contribution in [2.45, 2.75) is 19.4 Å². The van der Waals surface area contributed by atoms with Crippen LogP contribution in [-0.4, -0.2) is 34.2 Å². The third-order valence-corrected chi connectivity index (χ3v) is 4.63. The van der Waals surface area contributed by atoms with E-state index >= 15 is 0 Å². The van der Waals surface area contributed by atoms with Crippen LogP contribution in [0, 0.1) is 0 Å². The van der Waals surface area contributed by atoms with Crippen LogP contribution in [0.1, 0.15) is 28.9 Å². The van der Waals surface area contributed by atoms with Crippen molar-refractivity contribution < 1.29 is 4.79 Å². The van der Waals surface area contributed by atoms with Crippen molar-refractivity contribution in [3.05, 3.63) is 66.1 Å². The van der Waals surface area contributed by atoms with Crippen molar-refractivity contribution in [1.29, 1.82) is 0 Å². The molecular weight excluding hydrogens is 340 g/mol. The van der Waals surface area contributed by atoms with Gasteiger partial charge in [0.2, 0.25) is 0 Å². The summed E-state index contributed by atoms with van der Waals surface area (Å²) in [5.41, 5.74) is 2.85. The Hall–Kier alpha value is -3.35. The number of nitrogens with zero attached hydrogens (tertiary/aromatic N) is 3. The van der Waals surface area contributed by atoms with E-state index in [1.165, 1.54) is 12.8 Å². The molecule has 1 aliphatic rings. The molecule has 0 spiro atoms. The van der Waals surface area contributed by atoms with Gasteiger partial charge in [-0.1, -0.05) is 30.3 Å². The van der Waals surface area contributed by atoms with Gasteiger partial charge in [0.25, 0.3) is 5.91 Å². The second-order valence-electron chi connectivity index (χ2n) is 6.55. The zero-order chi connectivity index (χ0) is 18.5. The molecule has 27 heavy (non-hydrogen) atoms. The molecule has 138 valence electrons. The van der Waals surface area contributed by atoms with E-state index in [1.54, 1.807) is 12.4 Å². The lowest BCUT2D eigenvalue weighted by atomic mass is 10.2. The molecule has 0 unspecified atom stereocenters. The lowest BCUT2D eigenvalue weighted by Crippen LogP contribution is -2.19. The number of aromatic nitrogens is 3. The lowest BCUT2D eigenvalue weighted by molar-refractivity contribution is 0.102. The maximum Gasteiger partial charge on any atom is 0.275 e. The molecule has 1 amide bonds. The van der Waals surface area contributed by atoms with Crippen LogP contribution in [0.15, 0.2) is 54.9 Å². The summed E-state index contributed by atoms with van der Waals surface area (Å²) in [6.07, 6.45) is 5.73. The molecule has 1 saturated heterocycles. The number of aromatic amines is 1. The Morgan fingerprint density at radius 3 is 2.63 bits per heavy atom. The Kier molecular flexibility index (Phi) is 5.00. The molecule has 3 heterocycles. The number of hydrogen-bond acceptors (Lipinski definition) is 5. The first-order valence-corrected chi connectivity index (χ1v) is 9.13. The summed E-state index contributed by atoms with van der Waals surface area (Å²) in [7, 11) is 0. The van der Waals surface area contributed by atoms with Gasteiger partial charge in [-0.15, -0.1) is 0 Å². The molecule has 2 aromatic heterocycles. The lowest BCUT2D eigenvalue weighted by Gasteiger charge is -2.16. The van der Waals surface area contributed by atoms with E-state index in [-0.39, 0.29) is 5.91 Å². The average molecular weight is 362 g/mol. The van der Waals surface area contributed by atoms with E-state index in [9.17, 15) is 4.79 Å². The fourth-order valence-electron chi connectivity index (χ4n) is 3.17. The minimum absolute atomic E-state index is 0.251. The van der Waals surface area contributed by atoms with E-state index in [4.69, 9.17) is 0 Å². The third kappa shape index (κ3) is 4.08. The average Bonchev–Trinajstić information content (AvgIpc) is 3.40. The Morgan fingerprint density at radius 2 is 1.89 bits per heavy atom. The maximum absolute atomic E-state index is 12.6. The van der Waals surface area contributed by atoms with Crippen LogP contribution in [-0.2, 0) is 6.54 Å². The van der Waals surface area contributed by atoms with Crippen LogP contribution < -0.4 is 15.5 Å². The number of rotatable bonds is 6. The molecule has 7 heteroatoms. The molecule has 7 nitrogen and oxygen atoms in total. The van der Waals surface area contributed by atoms with E-state index in [1.807, 2.05) is 42.5 Å². The molecule has 1 aliphatic heterocycles. The number of H-pyrrole nitrogens is 1. The highest BCUT2D eigenvalue weighted by atomic mass is 16.2. The van der Waals surface area contributed by atoms with Crippen molar-refractivity contribution in [2.75, 3.05) is 28.6 Å². The predicted molar refractivity (Wildman–Crippen MR) is 106 cm³/mol. The minimum atomic E-state index is -0.251. The topological polar surface area (TPSA) is 85.9 Å². The maximum atomic E-state index is 12.6. The van der Waals surface area contributed by atoms with Crippen LogP contribution in [0.4, 0.5) is 17.2 Å². The van der Waals surface area contributed by atoms with Gasteiger partial charge in [-0.25, -0.2) is 4.98 Å². The van der Waals surface area contributed by atoms with Crippen LogP contribution in [0.2, 0.25) is 0 Å². The van der Waals surface area contributed by atoms with Crippen molar-refractivity contribution in [1.82, 2.24) is 15.2 Å². The summed E-state index contributed by atoms with van der Waals surface area (Å²) in [6.45, 7) is 2.71. The van der Waals surface area contributed by atoms with Gasteiger partial charge in [0.15, 0.2) is 0 Å². The number of benzene rings is 1. The van der Waals surface area contributed by atoms with Gasteiger partial charge in [0, 0.05) is 19.6 Å². The van der Waals surface area contributed by atoms with Gasteiger partial charge < -0.3 is 15.5 Å². The van der Waals surface area contributed by atoms with Gasteiger partial charge in [-0.2, -0.15) is 5.10 Å². The monoisotopic (exact) mass is 362 g/mol. The van der Waals surface area contributed by atoms with Gasteiger partial charge >= 0.3 is 0 Å². The molecule has 0 saturated carbocycles. The Bertz CT molecular complexity index is 884. The van der Waals surface area contributed by atoms with E-state index in [0.29, 0.717) is 23.6 Å². The normalized spacial score (nSPS) is 13.6. The molecule has 0 atom stereocenters. The smallest absolute Gasteiger partial charge is 0.275 e. The molecule has 1 fully saturated rings. The van der Waals surface area contributed by atoms with Crippen LogP contribution in [0.5, 0.6) is 0 Å². The molecule has 1 aromatic carbocycles. The summed E-state index contributed by atoms with van der Waals surface area (Å²) >= 11 is 0. The minimum Gasteiger partial charge on any atom is -0.378 e. The highest BCUT2D eigenvalue weighted by Crippen LogP contribution is 2.20. The van der Waals surface area contributed by atoms with Crippen molar-refractivity contribution in [3.63, 3.8) is 0 Å². The summed E-state index contributed by atoms with van der Waals surface area (Å²) in [5.74, 6) is 0.705. The molecule has 4 rings (SSSR count). The van der Waals surface area contributed by atoms with Crippen LogP contribution in [0.25, 0.3) is 0 Å². The first-order valence-electron chi connectivity index (χ1n) is 9.13. The second-order valence-corrected chi connectivity index (χ2v) is 6.55. The highest BCUT2D eigenvalue weighted by Gasteiger charge is 2.16. The van der Waals surface area contributed by atoms with E-state index in [2.05, 4.69) is 30.7 Å². The third-order valence-electron chi connectivity index (χ3n) is 4.63. The molecule has 0 bridgehead atoms. The van der Waals surface area contributed by atoms with E-state index < -0.39 is 0 Å². The SMILES string of the molecule is O=C(Nc1ccc(N2CCCC2)nc1)c1[nH]ncc1NCc1ccccc1. The van der Waals surface area contributed by atoms with Crippen molar-refractivity contribution in [3.8, 4) is 0 Å². The van der Waals surface area contributed by atoms with Crippen molar-refractivity contribution >= 4 is 23.1 Å². The van der Waals surface area contributed by atoms with Crippen LogP contribution in [0.3, 0.4) is 0 Å². The fraction of sp³-hybridized carbons (Fsp3) is 0.250. The number of anilines is 3. The van der Waals surface area contributed by atoms with Crippen LogP contribution >= 0.6 is 0 Å². The number of nitrogens with one attached hydrogen (secondary N) is 3. The van der Waals surface area contributed by atoms with Gasteiger partial charge in [-0.3, -0.25) is 9.89 Å². The number of carbonyl (C=O) groups is 1. The Balaban J connectivity index is 1.39. The number of hydrogen-bond donors (Lipinski definition) is 3. The summed E-state index contributed by atoms with van der Waals surface area (Å²) in [6, 6.07) is 13.8. The summed E-state index contributed by atoms with van der Waals surface area (Å²) in [4.78, 5) is 19.3. The number of carbonyl (C=O) groups excluding carboxylic acids is 1. The largest absolute Gasteiger partial charge is 0.378 e. The first kappa shape index (κ1) is 17.1. The molecule has 3 N–H and O–H groups in total. The van der Waals surface area contributed by atoms with Crippen molar-refractivity contribution in [2.24, 2.45) is 0 Å². The fourth-order valence-corrected chi connectivity index (χ4v) is 3.17. The quantitative estimate of drug-likeness (QED) is 0.627. The number of pyridine rings is 1. The second kappa shape index (κ2) is 7.90. The Morgan fingerprint density at radius 1 is 1.07 bits per heavy atom. The number of amides is 1. The summed E-state index contributed by atoms with van der Waals surface area (Å²) < 4.78 is 0. The standard InChI is InChI=1S/C20H22N6O/c27-20(24-16-8-9-18(22-13-16)26-10-4-5-11-26)19-17(14-23-25-19)21-12-15-6-2-1-3-7-15/h1-3,6-9,13-14,21H,4-5,10-12H2,(H,23,25)(H,24,27). The van der Waals surface area contributed by atoms with Gasteiger partial charge in [0.1, 0.15) is 11.5 Å². The summed E-state index contributed by atoms with van der Waals surface area (Å²) in [5, 5.41) is 12.9. The Labute approximate surface area is 157 Å². The predicted octanol–water partition coefficient (Wildman–Crippen LogP) is 3.27. The molecule has 0 radical (unpaired) electrons.